The highest BCUT2D eigenvalue weighted by Gasteiger charge is 2.31. The summed E-state index contributed by atoms with van der Waals surface area (Å²) in [5, 5.41) is 36.6. The van der Waals surface area contributed by atoms with Gasteiger partial charge in [0.05, 0.1) is 44.7 Å². The quantitative estimate of drug-likeness (QED) is 0.102. The van der Waals surface area contributed by atoms with Crippen LogP contribution in [0.5, 0.6) is 0 Å². The van der Waals surface area contributed by atoms with Crippen LogP contribution in [0.3, 0.4) is 0 Å². The normalized spacial score (nSPS) is 16.7. The van der Waals surface area contributed by atoms with Crippen molar-refractivity contribution in [3.05, 3.63) is 200 Å². The number of rotatable bonds is 10. The maximum Gasteiger partial charge on any atom is 0.269 e. The molecule has 260 valence electrons. The van der Waals surface area contributed by atoms with E-state index in [9.17, 15) is 20.2 Å². The maximum atomic E-state index is 11.3. The molecule has 0 saturated carbocycles. The van der Waals surface area contributed by atoms with Crippen LogP contribution in [0.1, 0.15) is 47.2 Å². The molecule has 11 heteroatoms. The van der Waals surface area contributed by atoms with E-state index < -0.39 is 0 Å². The van der Waals surface area contributed by atoms with E-state index in [0.29, 0.717) is 12.8 Å². The highest BCUT2D eigenvalue weighted by molar-refractivity contribution is 7.99. The van der Waals surface area contributed by atoms with E-state index in [4.69, 9.17) is 10.2 Å². The molecule has 2 unspecified atom stereocenters. The number of anilines is 2. The summed E-state index contributed by atoms with van der Waals surface area (Å²) < 4.78 is 0. The van der Waals surface area contributed by atoms with Crippen LogP contribution in [-0.2, 0) is 0 Å². The first-order valence-corrected chi connectivity index (χ1v) is 17.9. The molecule has 0 spiro atoms. The second-order valence-corrected chi connectivity index (χ2v) is 13.9. The summed E-state index contributed by atoms with van der Waals surface area (Å²) in [6.07, 6.45) is 1.33. The third-order valence-electron chi connectivity index (χ3n) is 9.45. The lowest BCUT2D eigenvalue weighted by Crippen LogP contribution is -2.18. The van der Waals surface area contributed by atoms with E-state index in [1.54, 1.807) is 36.0 Å². The molecule has 0 fully saturated rings. The van der Waals surface area contributed by atoms with Gasteiger partial charge in [-0.1, -0.05) is 96.7 Å². The Kier molecular flexibility index (Phi) is 9.22. The Morgan fingerprint density at radius 1 is 0.491 bits per heavy atom. The monoisotopic (exact) mass is 716 g/mol. The lowest BCUT2D eigenvalue weighted by atomic mass is 9.98. The predicted octanol–water partition coefficient (Wildman–Crippen LogP) is 10.4. The summed E-state index contributed by atoms with van der Waals surface area (Å²) in [6.45, 7) is 0. The van der Waals surface area contributed by atoms with Gasteiger partial charge in [0.15, 0.2) is 0 Å². The molecule has 0 bridgehead atoms. The van der Waals surface area contributed by atoms with Gasteiger partial charge < -0.3 is 0 Å². The number of hydrogen-bond acceptors (Lipinski definition) is 9. The van der Waals surface area contributed by atoms with Crippen LogP contribution in [0.2, 0.25) is 0 Å². The van der Waals surface area contributed by atoms with Gasteiger partial charge in [-0.3, -0.25) is 30.2 Å². The SMILES string of the molecule is O=[N+]([O-])c1ccc(C2CC(c3ccc(Sc4ccc(C5=NN(c6ccccc6)C(c6ccc([N+](=O)[O-])cc6)C5)cc4)cc3)=NN2c2ccccc2)cc1. The van der Waals surface area contributed by atoms with Crippen molar-refractivity contribution in [2.24, 2.45) is 10.2 Å². The highest BCUT2D eigenvalue weighted by atomic mass is 32.2. The number of hydrogen-bond donors (Lipinski definition) is 0. The lowest BCUT2D eigenvalue weighted by molar-refractivity contribution is -0.385. The van der Waals surface area contributed by atoms with Gasteiger partial charge in [0.1, 0.15) is 0 Å². The van der Waals surface area contributed by atoms with E-state index in [1.165, 1.54) is 0 Å². The molecular weight excluding hydrogens is 685 g/mol. The van der Waals surface area contributed by atoms with Crippen molar-refractivity contribution in [2.45, 2.75) is 34.7 Å². The van der Waals surface area contributed by atoms with Gasteiger partial charge in [0, 0.05) is 46.9 Å². The standard InChI is InChI=1S/C42H32N6O4S/c49-47(50)35-19-11-31(12-20-35)41-27-39(43-45(41)33-7-3-1-4-8-33)29-15-23-37(24-16-29)53-38-25-17-30(18-26-38)40-28-42(32-13-21-36(22-14-32)48(51)52)46(44-40)34-9-5-2-6-10-34/h1-26,41-42H,27-28H2. The van der Waals surface area contributed by atoms with Crippen molar-refractivity contribution in [1.29, 1.82) is 0 Å². The molecule has 0 amide bonds. The predicted molar refractivity (Wildman–Crippen MR) is 209 cm³/mol. The number of nitro groups is 2. The van der Waals surface area contributed by atoms with Crippen LogP contribution in [-0.4, -0.2) is 21.3 Å². The molecule has 2 heterocycles. The zero-order valence-electron chi connectivity index (χ0n) is 28.3. The molecule has 8 rings (SSSR count). The Hall–Kier alpha value is -6.59. The van der Waals surface area contributed by atoms with Crippen LogP contribution < -0.4 is 10.0 Å². The van der Waals surface area contributed by atoms with Gasteiger partial charge in [0.2, 0.25) is 0 Å². The van der Waals surface area contributed by atoms with Crippen LogP contribution in [0.25, 0.3) is 0 Å². The molecule has 6 aromatic rings. The fourth-order valence-corrected chi connectivity index (χ4v) is 7.55. The topological polar surface area (TPSA) is 117 Å². The van der Waals surface area contributed by atoms with Gasteiger partial charge in [-0.25, -0.2) is 0 Å². The lowest BCUT2D eigenvalue weighted by Gasteiger charge is -2.23. The molecule has 0 aliphatic carbocycles. The van der Waals surface area contributed by atoms with Gasteiger partial charge in [-0.2, -0.15) is 10.2 Å². The Morgan fingerprint density at radius 3 is 1.19 bits per heavy atom. The smallest absolute Gasteiger partial charge is 0.258 e. The van der Waals surface area contributed by atoms with Gasteiger partial charge in [-0.05, 0) is 70.8 Å². The minimum atomic E-state index is -0.381. The number of nitrogens with zero attached hydrogens (tertiary/aromatic N) is 6. The molecule has 0 radical (unpaired) electrons. The van der Waals surface area contributed by atoms with Gasteiger partial charge >= 0.3 is 0 Å². The molecule has 6 aromatic carbocycles. The number of hydrazone groups is 2. The van der Waals surface area contributed by atoms with Gasteiger partial charge in [-0.15, -0.1) is 0 Å². The molecule has 2 aliphatic rings. The first kappa shape index (κ1) is 33.5. The van der Waals surface area contributed by atoms with Crippen molar-refractivity contribution in [2.75, 3.05) is 10.0 Å². The zero-order chi connectivity index (χ0) is 36.3. The molecule has 0 N–H and O–H groups in total. The van der Waals surface area contributed by atoms with Crippen LogP contribution in [0.15, 0.2) is 178 Å². The Balaban J connectivity index is 0.976. The summed E-state index contributed by atoms with van der Waals surface area (Å²) in [4.78, 5) is 23.9. The number of benzene rings is 6. The van der Waals surface area contributed by atoms with Crippen LogP contribution >= 0.6 is 11.8 Å². The zero-order valence-corrected chi connectivity index (χ0v) is 29.1. The van der Waals surface area contributed by atoms with E-state index >= 15 is 0 Å². The Bertz CT molecular complexity index is 2150. The minimum Gasteiger partial charge on any atom is -0.258 e. The molecule has 53 heavy (non-hydrogen) atoms. The van der Waals surface area contributed by atoms with Crippen molar-refractivity contribution in [1.82, 2.24) is 0 Å². The first-order chi connectivity index (χ1) is 25.9. The Morgan fingerprint density at radius 2 is 0.849 bits per heavy atom. The van der Waals surface area contributed by atoms with E-state index in [2.05, 4.69) is 48.5 Å². The van der Waals surface area contributed by atoms with E-state index in [0.717, 1.165) is 54.8 Å². The summed E-state index contributed by atoms with van der Waals surface area (Å²) in [5.41, 5.74) is 7.94. The molecule has 0 saturated heterocycles. The summed E-state index contributed by atoms with van der Waals surface area (Å²) in [7, 11) is 0. The fraction of sp³-hybridized carbons (Fsp3) is 0.0952. The highest BCUT2D eigenvalue weighted by Crippen LogP contribution is 2.39. The van der Waals surface area contributed by atoms with Crippen molar-refractivity contribution in [3.63, 3.8) is 0 Å². The number of non-ortho nitro benzene ring substituents is 2. The average Bonchev–Trinajstić information content (AvgIpc) is 3.86. The maximum absolute atomic E-state index is 11.3. The Labute approximate surface area is 310 Å². The largest absolute Gasteiger partial charge is 0.269 e. The second-order valence-electron chi connectivity index (χ2n) is 12.7. The summed E-state index contributed by atoms with van der Waals surface area (Å²) in [6, 6.07) is 50.0. The third kappa shape index (κ3) is 7.15. The van der Waals surface area contributed by atoms with Crippen LogP contribution in [0.4, 0.5) is 22.7 Å². The summed E-state index contributed by atoms with van der Waals surface area (Å²) in [5.74, 6) is 0. The molecule has 2 atom stereocenters. The molecular formula is C42H32N6O4S. The molecule has 10 nitrogen and oxygen atoms in total. The van der Waals surface area contributed by atoms with Crippen molar-refractivity contribution in [3.8, 4) is 0 Å². The number of para-hydroxylation sites is 2. The van der Waals surface area contributed by atoms with E-state index in [1.807, 2.05) is 94.9 Å². The summed E-state index contributed by atoms with van der Waals surface area (Å²) >= 11 is 1.68. The third-order valence-corrected chi connectivity index (χ3v) is 10.5. The molecule has 2 aliphatic heterocycles. The van der Waals surface area contributed by atoms with Gasteiger partial charge in [0.25, 0.3) is 11.4 Å². The average molecular weight is 717 g/mol. The number of nitro benzene ring substituents is 2. The fourth-order valence-electron chi connectivity index (χ4n) is 6.73. The van der Waals surface area contributed by atoms with Crippen LogP contribution in [0, 0.1) is 20.2 Å². The van der Waals surface area contributed by atoms with Crippen molar-refractivity contribution >= 4 is 45.9 Å². The minimum absolute atomic E-state index is 0.0668. The molecule has 0 aromatic heterocycles. The van der Waals surface area contributed by atoms with E-state index in [-0.39, 0.29) is 33.3 Å². The van der Waals surface area contributed by atoms with Crippen molar-refractivity contribution < 1.29 is 9.85 Å². The first-order valence-electron chi connectivity index (χ1n) is 17.1. The second kappa shape index (κ2) is 14.6.